The summed E-state index contributed by atoms with van der Waals surface area (Å²) in [7, 11) is 0. The van der Waals surface area contributed by atoms with E-state index in [1.165, 1.54) is 32.2 Å². The number of hydrogen-bond donors (Lipinski definition) is 2. The van der Waals surface area contributed by atoms with Crippen molar-refractivity contribution >= 4 is 5.97 Å². The maximum Gasteiger partial charge on any atom is 0.323 e. The van der Waals surface area contributed by atoms with Gasteiger partial charge in [0.15, 0.2) is 0 Å². The molecule has 0 aromatic carbocycles. The van der Waals surface area contributed by atoms with Gasteiger partial charge in [0.05, 0.1) is 0 Å². The van der Waals surface area contributed by atoms with Gasteiger partial charge in [0.25, 0.3) is 0 Å². The van der Waals surface area contributed by atoms with Crippen LogP contribution < -0.4 is 5.32 Å². The monoisotopic (exact) mass is 266 g/mol. The predicted octanol–water partition coefficient (Wildman–Crippen LogP) is 1.85. The van der Waals surface area contributed by atoms with E-state index in [9.17, 15) is 9.90 Å². The Hall–Kier alpha value is -0.610. The van der Waals surface area contributed by atoms with Crippen LogP contribution in [0, 0.1) is 5.92 Å². The lowest BCUT2D eigenvalue weighted by Crippen LogP contribution is -2.59. The van der Waals surface area contributed by atoms with Crippen LogP contribution in [0.5, 0.6) is 0 Å². The van der Waals surface area contributed by atoms with E-state index in [1.54, 1.807) is 0 Å². The number of rotatable bonds is 4. The normalized spacial score (nSPS) is 42.7. The van der Waals surface area contributed by atoms with Crippen molar-refractivity contribution in [1.29, 1.82) is 0 Å². The van der Waals surface area contributed by atoms with Gasteiger partial charge in [0, 0.05) is 18.6 Å². The van der Waals surface area contributed by atoms with E-state index in [-0.39, 0.29) is 0 Å². The topological polar surface area (TPSA) is 52.6 Å². The highest BCUT2D eigenvalue weighted by Crippen LogP contribution is 2.42. The minimum absolute atomic E-state index is 0.485. The molecule has 0 aromatic heterocycles. The van der Waals surface area contributed by atoms with Gasteiger partial charge in [-0.15, -0.1) is 0 Å². The van der Waals surface area contributed by atoms with E-state index >= 15 is 0 Å². The molecule has 4 unspecified atom stereocenters. The fraction of sp³-hybridized carbons (Fsp3) is 0.933. The summed E-state index contributed by atoms with van der Waals surface area (Å²) in [6.45, 7) is 3.97. The molecular weight excluding hydrogens is 240 g/mol. The third-order valence-electron chi connectivity index (χ3n) is 5.57. The van der Waals surface area contributed by atoms with Gasteiger partial charge in [-0.05, 0) is 57.4 Å². The number of piperidine rings is 1. The number of fused-ring (bicyclic) bond motifs is 2. The Balaban J connectivity index is 1.72. The molecule has 4 heteroatoms. The van der Waals surface area contributed by atoms with Crippen molar-refractivity contribution in [1.82, 2.24) is 10.2 Å². The fourth-order valence-electron chi connectivity index (χ4n) is 4.71. The number of likely N-dealkylation sites (N-methyl/N-ethyl adjacent to an activating group) is 1. The summed E-state index contributed by atoms with van der Waals surface area (Å²) in [5.74, 6) is 0.244. The Morgan fingerprint density at radius 1 is 1.37 bits per heavy atom. The molecule has 1 heterocycles. The Bertz CT molecular complexity index is 356. The van der Waals surface area contributed by atoms with Gasteiger partial charge in [0.1, 0.15) is 5.54 Å². The molecule has 0 radical (unpaired) electrons. The molecular formula is C15H26N2O2. The number of carbonyl (C=O) groups is 1. The summed E-state index contributed by atoms with van der Waals surface area (Å²) >= 11 is 0. The molecule has 3 rings (SSSR count). The molecule has 0 aromatic rings. The minimum atomic E-state index is -0.667. The van der Waals surface area contributed by atoms with Crippen molar-refractivity contribution in [3.8, 4) is 0 Å². The number of hydrogen-bond acceptors (Lipinski definition) is 3. The fourth-order valence-corrected chi connectivity index (χ4v) is 4.71. The number of nitrogens with one attached hydrogen (secondary N) is 1. The number of likely N-dealkylation sites (tertiary alicyclic amines) is 1. The quantitative estimate of drug-likeness (QED) is 0.815. The van der Waals surface area contributed by atoms with Crippen molar-refractivity contribution in [3.05, 3.63) is 0 Å². The highest BCUT2D eigenvalue weighted by atomic mass is 16.4. The van der Waals surface area contributed by atoms with E-state index in [4.69, 9.17) is 0 Å². The second kappa shape index (κ2) is 5.06. The standard InChI is InChI=1S/C15H26N2O2/c1-2-16-15(14(18)19)7-3-4-13(9-15)17-10-11-5-6-12(17)8-11/h11-13,16H,2-10H2,1H3,(H,18,19). The van der Waals surface area contributed by atoms with Gasteiger partial charge in [0.2, 0.25) is 0 Å². The smallest absolute Gasteiger partial charge is 0.323 e. The van der Waals surface area contributed by atoms with E-state index in [0.717, 1.165) is 37.8 Å². The number of aliphatic carboxylic acids is 1. The molecule has 108 valence electrons. The van der Waals surface area contributed by atoms with Gasteiger partial charge in [-0.3, -0.25) is 9.69 Å². The minimum Gasteiger partial charge on any atom is -0.480 e. The maximum atomic E-state index is 11.7. The predicted molar refractivity (Wildman–Crippen MR) is 74.1 cm³/mol. The van der Waals surface area contributed by atoms with Crippen LogP contribution in [-0.4, -0.2) is 46.7 Å². The van der Waals surface area contributed by atoms with Gasteiger partial charge in [-0.25, -0.2) is 0 Å². The van der Waals surface area contributed by atoms with Crippen LogP contribution in [0.15, 0.2) is 0 Å². The van der Waals surface area contributed by atoms with E-state index in [2.05, 4.69) is 10.2 Å². The zero-order chi connectivity index (χ0) is 13.5. The summed E-state index contributed by atoms with van der Waals surface area (Å²) in [5, 5.41) is 12.9. The first-order valence-corrected chi connectivity index (χ1v) is 7.89. The molecule has 1 saturated heterocycles. The largest absolute Gasteiger partial charge is 0.480 e. The van der Waals surface area contributed by atoms with Gasteiger partial charge < -0.3 is 10.4 Å². The van der Waals surface area contributed by atoms with Crippen molar-refractivity contribution in [3.63, 3.8) is 0 Å². The van der Waals surface area contributed by atoms with Crippen molar-refractivity contribution in [2.75, 3.05) is 13.1 Å². The molecule has 0 spiro atoms. The lowest BCUT2D eigenvalue weighted by atomic mass is 9.78. The highest BCUT2D eigenvalue weighted by molar-refractivity contribution is 5.79. The molecule has 4 nitrogen and oxygen atoms in total. The Labute approximate surface area is 115 Å². The molecule has 0 amide bonds. The molecule has 2 bridgehead atoms. The molecule has 19 heavy (non-hydrogen) atoms. The lowest BCUT2D eigenvalue weighted by molar-refractivity contribution is -0.147. The third kappa shape index (κ3) is 2.29. The second-order valence-electron chi connectivity index (χ2n) is 6.70. The average molecular weight is 266 g/mol. The average Bonchev–Trinajstić information content (AvgIpc) is 3.01. The molecule has 2 N–H and O–H groups in total. The molecule has 4 atom stereocenters. The maximum absolute atomic E-state index is 11.7. The van der Waals surface area contributed by atoms with Crippen LogP contribution in [0.4, 0.5) is 0 Å². The van der Waals surface area contributed by atoms with E-state index < -0.39 is 11.5 Å². The second-order valence-corrected chi connectivity index (χ2v) is 6.70. The van der Waals surface area contributed by atoms with Gasteiger partial charge >= 0.3 is 5.97 Å². The first-order valence-electron chi connectivity index (χ1n) is 7.89. The van der Waals surface area contributed by atoms with Crippen LogP contribution in [0.1, 0.15) is 51.9 Å². The Morgan fingerprint density at radius 3 is 2.79 bits per heavy atom. The Morgan fingerprint density at radius 2 is 2.21 bits per heavy atom. The zero-order valence-corrected chi connectivity index (χ0v) is 11.9. The van der Waals surface area contributed by atoms with Crippen LogP contribution in [-0.2, 0) is 4.79 Å². The number of carboxylic acid groups (broad SMARTS) is 1. The van der Waals surface area contributed by atoms with Crippen LogP contribution in [0.25, 0.3) is 0 Å². The molecule has 1 aliphatic heterocycles. The molecule has 3 fully saturated rings. The summed E-state index contributed by atoms with van der Waals surface area (Å²) in [4.78, 5) is 14.3. The van der Waals surface area contributed by atoms with Crippen molar-refractivity contribution < 1.29 is 9.90 Å². The Kier molecular flexibility index (Phi) is 3.56. The first kappa shape index (κ1) is 13.4. The number of nitrogens with zero attached hydrogens (tertiary/aromatic N) is 1. The molecule has 2 saturated carbocycles. The van der Waals surface area contributed by atoms with Crippen LogP contribution in [0.3, 0.4) is 0 Å². The molecule has 2 aliphatic carbocycles. The SMILES string of the molecule is CCNC1(C(=O)O)CCCC(N2CC3CCC2C3)C1. The van der Waals surface area contributed by atoms with Gasteiger partial charge in [-0.1, -0.05) is 6.92 Å². The van der Waals surface area contributed by atoms with Gasteiger partial charge in [-0.2, -0.15) is 0 Å². The summed E-state index contributed by atoms with van der Waals surface area (Å²) in [5.41, 5.74) is -0.667. The summed E-state index contributed by atoms with van der Waals surface area (Å²) < 4.78 is 0. The number of carboxylic acids is 1. The van der Waals surface area contributed by atoms with Crippen molar-refractivity contribution in [2.45, 2.75) is 69.5 Å². The van der Waals surface area contributed by atoms with Crippen molar-refractivity contribution in [2.24, 2.45) is 5.92 Å². The third-order valence-corrected chi connectivity index (χ3v) is 5.57. The highest BCUT2D eigenvalue weighted by Gasteiger charge is 2.48. The lowest BCUT2D eigenvalue weighted by Gasteiger charge is -2.44. The summed E-state index contributed by atoms with van der Waals surface area (Å²) in [6.07, 6.45) is 7.89. The van der Waals surface area contributed by atoms with E-state index in [0.29, 0.717) is 6.04 Å². The van der Waals surface area contributed by atoms with Crippen LogP contribution in [0.2, 0.25) is 0 Å². The van der Waals surface area contributed by atoms with E-state index in [1.807, 2.05) is 6.92 Å². The first-order chi connectivity index (χ1) is 9.14. The molecule has 3 aliphatic rings. The summed E-state index contributed by atoms with van der Waals surface area (Å²) in [6, 6.07) is 1.24. The van der Waals surface area contributed by atoms with Crippen LogP contribution >= 0.6 is 0 Å². The zero-order valence-electron chi connectivity index (χ0n) is 11.9.